The summed E-state index contributed by atoms with van der Waals surface area (Å²) in [6.45, 7) is 3.70. The minimum Gasteiger partial charge on any atom is -0.548 e. The number of aliphatic carboxylic acids is 1. The largest absolute Gasteiger partial charge is 0.548 e. The predicted octanol–water partition coefficient (Wildman–Crippen LogP) is 2.94. The van der Waals surface area contributed by atoms with Crippen molar-refractivity contribution in [1.82, 2.24) is 5.32 Å². The van der Waals surface area contributed by atoms with Gasteiger partial charge in [0, 0.05) is 12.3 Å². The number of hydrogen-bond donors (Lipinski definition) is 1. The van der Waals surface area contributed by atoms with Gasteiger partial charge in [-0.3, -0.25) is 0 Å². The summed E-state index contributed by atoms with van der Waals surface area (Å²) in [6, 6.07) is 14.8. The van der Waals surface area contributed by atoms with Crippen LogP contribution < -0.4 is 10.4 Å². The number of carbonyl (C=O) groups is 2. The fourth-order valence-corrected chi connectivity index (χ4v) is 3.52. The van der Waals surface area contributed by atoms with E-state index in [0.717, 1.165) is 22.3 Å². The SMILES string of the molecule is C=C(Br)C[C@@H](NC(=O)OCC1c2ccccc2-c2ccccc21)C(=O)[O-]. The first kappa shape index (κ1) is 18.2. The third-order valence-electron chi connectivity index (χ3n) is 4.35. The molecule has 5 nitrogen and oxygen atoms in total. The van der Waals surface area contributed by atoms with E-state index in [2.05, 4.69) is 27.8 Å². The lowest BCUT2D eigenvalue weighted by Crippen LogP contribution is -2.48. The third-order valence-corrected chi connectivity index (χ3v) is 4.67. The summed E-state index contributed by atoms with van der Waals surface area (Å²) in [6.07, 6.45) is -0.776. The summed E-state index contributed by atoms with van der Waals surface area (Å²) in [5.74, 6) is -1.47. The number of benzene rings is 2. The van der Waals surface area contributed by atoms with E-state index < -0.39 is 18.1 Å². The van der Waals surface area contributed by atoms with Crippen molar-refractivity contribution in [2.24, 2.45) is 0 Å². The smallest absolute Gasteiger partial charge is 0.407 e. The van der Waals surface area contributed by atoms with E-state index in [-0.39, 0.29) is 18.9 Å². The van der Waals surface area contributed by atoms with Crippen LogP contribution in [-0.4, -0.2) is 24.7 Å². The van der Waals surface area contributed by atoms with Crippen molar-refractivity contribution in [3.05, 3.63) is 70.7 Å². The summed E-state index contributed by atoms with van der Waals surface area (Å²) in [5, 5.41) is 13.4. The molecule has 1 amide bonds. The third kappa shape index (κ3) is 3.80. The number of carboxylic acids is 1. The van der Waals surface area contributed by atoms with Crippen LogP contribution in [0.15, 0.2) is 59.6 Å². The van der Waals surface area contributed by atoms with E-state index in [1.54, 1.807) is 0 Å². The molecule has 3 rings (SSSR count). The molecule has 0 bridgehead atoms. The average molecular weight is 415 g/mol. The molecular formula is C20H17BrNO4-. The fraction of sp³-hybridized carbons (Fsp3) is 0.200. The van der Waals surface area contributed by atoms with Gasteiger partial charge >= 0.3 is 6.09 Å². The lowest BCUT2D eigenvalue weighted by Gasteiger charge is -2.20. The number of alkyl carbamates (subject to hydrolysis) is 1. The highest BCUT2D eigenvalue weighted by atomic mass is 79.9. The minimum absolute atomic E-state index is 0.0204. The normalized spacial score (nSPS) is 13.4. The molecule has 1 N–H and O–H groups in total. The molecule has 0 saturated heterocycles. The number of carbonyl (C=O) groups excluding carboxylic acids is 2. The summed E-state index contributed by atoms with van der Waals surface area (Å²) >= 11 is 3.08. The second kappa shape index (κ2) is 7.74. The van der Waals surface area contributed by atoms with Gasteiger partial charge < -0.3 is 20.0 Å². The van der Waals surface area contributed by atoms with Gasteiger partial charge in [0.2, 0.25) is 0 Å². The number of halogens is 1. The molecule has 6 heteroatoms. The van der Waals surface area contributed by atoms with Crippen molar-refractivity contribution in [2.75, 3.05) is 6.61 Å². The maximum absolute atomic E-state index is 12.1. The minimum atomic E-state index is -1.39. The second-order valence-corrected chi connectivity index (χ2v) is 7.18. The van der Waals surface area contributed by atoms with Crippen molar-refractivity contribution < 1.29 is 19.4 Å². The highest BCUT2D eigenvalue weighted by Crippen LogP contribution is 2.44. The second-order valence-electron chi connectivity index (χ2n) is 6.06. The van der Waals surface area contributed by atoms with Crippen LogP contribution in [0.1, 0.15) is 23.5 Å². The Morgan fingerprint density at radius 1 is 1.12 bits per heavy atom. The van der Waals surface area contributed by atoms with Crippen LogP contribution in [-0.2, 0) is 9.53 Å². The lowest BCUT2D eigenvalue weighted by molar-refractivity contribution is -0.308. The van der Waals surface area contributed by atoms with Crippen LogP contribution in [0.25, 0.3) is 11.1 Å². The molecule has 0 spiro atoms. The van der Waals surface area contributed by atoms with Gasteiger partial charge in [-0.05, 0) is 26.7 Å². The first-order chi connectivity index (χ1) is 12.5. The van der Waals surface area contributed by atoms with E-state index in [4.69, 9.17) is 4.74 Å². The van der Waals surface area contributed by atoms with Crippen molar-refractivity contribution in [3.63, 3.8) is 0 Å². The summed E-state index contributed by atoms with van der Waals surface area (Å²) < 4.78 is 5.77. The number of amides is 1. The molecule has 0 aromatic heterocycles. The Kier molecular flexibility index (Phi) is 5.42. The molecular weight excluding hydrogens is 398 g/mol. The van der Waals surface area contributed by atoms with Crippen LogP contribution >= 0.6 is 15.9 Å². The molecule has 1 atom stereocenters. The highest BCUT2D eigenvalue weighted by Gasteiger charge is 2.29. The fourth-order valence-electron chi connectivity index (χ4n) is 3.20. The molecule has 0 radical (unpaired) electrons. The lowest BCUT2D eigenvalue weighted by atomic mass is 9.98. The van der Waals surface area contributed by atoms with Crippen LogP contribution in [0.5, 0.6) is 0 Å². The standard InChI is InChI=1S/C20H18BrNO4/c1-12(21)10-18(19(23)24)22-20(25)26-11-17-15-8-4-2-6-13(15)14-7-3-5-9-16(14)17/h2-9,17-18H,1,10-11H2,(H,22,25)(H,23,24)/p-1/t18-/m1/s1. The topological polar surface area (TPSA) is 78.5 Å². The van der Waals surface area contributed by atoms with E-state index in [1.165, 1.54) is 0 Å². The summed E-state index contributed by atoms with van der Waals surface area (Å²) in [5.41, 5.74) is 4.43. The van der Waals surface area contributed by atoms with E-state index >= 15 is 0 Å². The number of ether oxygens (including phenoxy) is 1. The van der Waals surface area contributed by atoms with Crippen LogP contribution in [0.4, 0.5) is 4.79 Å². The van der Waals surface area contributed by atoms with Gasteiger partial charge in [0.15, 0.2) is 0 Å². The maximum Gasteiger partial charge on any atom is 0.407 e. The van der Waals surface area contributed by atoms with Crippen molar-refractivity contribution in [2.45, 2.75) is 18.4 Å². The van der Waals surface area contributed by atoms with Gasteiger partial charge in [-0.2, -0.15) is 0 Å². The quantitative estimate of drug-likeness (QED) is 0.787. The number of fused-ring (bicyclic) bond motifs is 3. The monoisotopic (exact) mass is 414 g/mol. The molecule has 1 aliphatic carbocycles. The zero-order chi connectivity index (χ0) is 18.7. The summed E-state index contributed by atoms with van der Waals surface area (Å²) in [7, 11) is 0. The number of hydrogen-bond acceptors (Lipinski definition) is 4. The highest BCUT2D eigenvalue weighted by molar-refractivity contribution is 9.11. The first-order valence-electron chi connectivity index (χ1n) is 8.13. The van der Waals surface area contributed by atoms with Gasteiger partial charge in [0.25, 0.3) is 0 Å². The number of carboxylic acid groups (broad SMARTS) is 1. The van der Waals surface area contributed by atoms with E-state index in [9.17, 15) is 14.7 Å². The Morgan fingerprint density at radius 2 is 1.65 bits per heavy atom. The molecule has 0 unspecified atom stereocenters. The first-order valence-corrected chi connectivity index (χ1v) is 8.92. The Hall–Kier alpha value is -2.60. The molecule has 134 valence electrons. The molecule has 0 saturated carbocycles. The average Bonchev–Trinajstić information content (AvgIpc) is 2.93. The van der Waals surface area contributed by atoms with Crippen LogP contribution in [0.2, 0.25) is 0 Å². The molecule has 0 heterocycles. The van der Waals surface area contributed by atoms with Crippen molar-refractivity contribution >= 4 is 28.0 Å². The predicted molar refractivity (Wildman–Crippen MR) is 99.7 cm³/mol. The Balaban J connectivity index is 1.71. The van der Waals surface area contributed by atoms with Crippen molar-refractivity contribution in [3.8, 4) is 11.1 Å². The zero-order valence-corrected chi connectivity index (χ0v) is 15.5. The summed E-state index contributed by atoms with van der Waals surface area (Å²) in [4.78, 5) is 23.2. The molecule has 2 aromatic rings. The molecule has 0 aliphatic heterocycles. The maximum atomic E-state index is 12.1. The van der Waals surface area contributed by atoms with Gasteiger partial charge in [-0.15, -0.1) is 0 Å². The zero-order valence-electron chi connectivity index (χ0n) is 13.9. The van der Waals surface area contributed by atoms with Crippen LogP contribution in [0.3, 0.4) is 0 Å². The van der Waals surface area contributed by atoms with E-state index in [0.29, 0.717) is 4.48 Å². The van der Waals surface area contributed by atoms with E-state index in [1.807, 2.05) is 48.5 Å². The molecule has 0 fully saturated rings. The number of rotatable bonds is 6. The Bertz CT molecular complexity index is 819. The van der Waals surface area contributed by atoms with Crippen LogP contribution in [0, 0.1) is 0 Å². The Labute approximate surface area is 159 Å². The molecule has 2 aromatic carbocycles. The van der Waals surface area contributed by atoms with Crippen molar-refractivity contribution in [1.29, 1.82) is 0 Å². The number of nitrogens with one attached hydrogen (secondary N) is 1. The Morgan fingerprint density at radius 3 is 2.15 bits per heavy atom. The van der Waals surface area contributed by atoms with Gasteiger partial charge in [0.05, 0.1) is 12.0 Å². The molecule has 1 aliphatic rings. The molecule has 26 heavy (non-hydrogen) atoms. The van der Waals surface area contributed by atoms with Gasteiger partial charge in [-0.25, -0.2) is 4.79 Å². The van der Waals surface area contributed by atoms with Gasteiger partial charge in [-0.1, -0.05) is 71.0 Å². The van der Waals surface area contributed by atoms with Gasteiger partial charge in [0.1, 0.15) is 6.61 Å².